The number of rotatable bonds is 1. The zero-order chi connectivity index (χ0) is 9.97. The number of amides is 1. The monoisotopic (exact) mass is 194 g/mol. The van der Waals surface area contributed by atoms with Crippen molar-refractivity contribution in [3.05, 3.63) is 12.2 Å². The molecule has 0 aromatic rings. The van der Waals surface area contributed by atoms with Crippen molar-refractivity contribution in [3.8, 4) is 0 Å². The molecule has 0 saturated heterocycles. The van der Waals surface area contributed by atoms with E-state index < -0.39 is 0 Å². The molecule has 0 aliphatic carbocycles. The van der Waals surface area contributed by atoms with Gasteiger partial charge >= 0.3 is 5.97 Å². The first-order chi connectivity index (χ1) is 6.77. The summed E-state index contributed by atoms with van der Waals surface area (Å²) in [5, 5.41) is 2.54. The molecule has 1 N–H and O–H groups in total. The van der Waals surface area contributed by atoms with Crippen molar-refractivity contribution in [2.24, 2.45) is 16.8 Å². The van der Waals surface area contributed by atoms with E-state index in [-0.39, 0.29) is 30.3 Å². The molecule has 2 rings (SSSR count). The summed E-state index contributed by atoms with van der Waals surface area (Å²) in [5.41, 5.74) is 0. The number of hydrogen-bond acceptors (Lipinski definition) is 4. The predicted molar refractivity (Wildman–Crippen MR) is 48.6 cm³/mol. The summed E-state index contributed by atoms with van der Waals surface area (Å²) < 4.78 is 4.83. The van der Waals surface area contributed by atoms with Crippen molar-refractivity contribution in [1.82, 2.24) is 5.32 Å². The molecule has 5 nitrogen and oxygen atoms in total. The number of nitrogens with one attached hydrogen (secondary N) is 1. The lowest BCUT2D eigenvalue weighted by molar-refractivity contribution is -0.142. The Hall–Kier alpha value is -1.65. The lowest BCUT2D eigenvalue weighted by Crippen LogP contribution is -2.41. The van der Waals surface area contributed by atoms with Crippen molar-refractivity contribution in [2.45, 2.75) is 0 Å². The Bertz CT molecular complexity index is 322. The summed E-state index contributed by atoms with van der Waals surface area (Å²) in [6.45, 7) is 0.724. The van der Waals surface area contributed by atoms with Crippen LogP contribution in [0.4, 0.5) is 0 Å². The van der Waals surface area contributed by atoms with E-state index in [0.29, 0.717) is 6.54 Å². The average molecular weight is 194 g/mol. The quantitative estimate of drug-likeness (QED) is 0.571. The van der Waals surface area contributed by atoms with Gasteiger partial charge in [-0.2, -0.15) is 0 Å². The molecule has 0 bridgehead atoms. The van der Waals surface area contributed by atoms with Gasteiger partial charge in [-0.15, -0.1) is 0 Å². The Labute approximate surface area is 80.8 Å². The van der Waals surface area contributed by atoms with Crippen molar-refractivity contribution in [1.29, 1.82) is 0 Å². The third kappa shape index (κ3) is 1.66. The minimum absolute atomic E-state index is 0.0508. The first-order valence-corrected chi connectivity index (χ1v) is 4.41. The second-order valence-electron chi connectivity index (χ2n) is 3.26. The van der Waals surface area contributed by atoms with E-state index in [2.05, 4.69) is 10.3 Å². The molecule has 0 fully saturated rings. The van der Waals surface area contributed by atoms with Crippen LogP contribution in [0.1, 0.15) is 0 Å². The number of nitrogens with zero attached hydrogens (tertiary/aromatic N) is 1. The third-order valence-corrected chi connectivity index (χ3v) is 2.35. The van der Waals surface area contributed by atoms with Gasteiger partial charge in [0.1, 0.15) is 0 Å². The molecule has 14 heavy (non-hydrogen) atoms. The van der Waals surface area contributed by atoms with Crippen LogP contribution < -0.4 is 5.32 Å². The van der Waals surface area contributed by atoms with Crippen molar-refractivity contribution >= 4 is 18.2 Å². The molecule has 2 aliphatic rings. The molecule has 2 heterocycles. The summed E-state index contributed by atoms with van der Waals surface area (Å²) in [6.07, 6.45) is 4.48. The van der Waals surface area contributed by atoms with Gasteiger partial charge in [-0.25, -0.2) is 4.79 Å². The summed E-state index contributed by atoms with van der Waals surface area (Å²) in [6, 6.07) is 0. The highest BCUT2D eigenvalue weighted by Crippen LogP contribution is 2.19. The van der Waals surface area contributed by atoms with Gasteiger partial charge < -0.3 is 10.1 Å². The zero-order valence-electron chi connectivity index (χ0n) is 7.47. The van der Waals surface area contributed by atoms with Crippen LogP contribution in [0, 0.1) is 11.8 Å². The van der Waals surface area contributed by atoms with Gasteiger partial charge in [0, 0.05) is 12.0 Å². The van der Waals surface area contributed by atoms with Crippen molar-refractivity contribution in [3.63, 3.8) is 0 Å². The van der Waals surface area contributed by atoms with E-state index in [1.165, 1.54) is 12.4 Å². The molecule has 2 aliphatic heterocycles. The Kier molecular flexibility index (Phi) is 2.30. The Morgan fingerprint density at radius 2 is 2.36 bits per heavy atom. The molecule has 1 amide bonds. The number of carbonyl (C=O) groups excluding carboxylic acids is 2. The van der Waals surface area contributed by atoms with Crippen LogP contribution in [-0.4, -0.2) is 31.4 Å². The molecule has 0 saturated carbocycles. The van der Waals surface area contributed by atoms with Gasteiger partial charge in [0.2, 0.25) is 5.91 Å². The van der Waals surface area contributed by atoms with Gasteiger partial charge in [0.15, 0.2) is 0 Å². The van der Waals surface area contributed by atoms with Crippen molar-refractivity contribution in [2.75, 3.05) is 13.2 Å². The van der Waals surface area contributed by atoms with Crippen LogP contribution in [0.2, 0.25) is 0 Å². The highest BCUT2D eigenvalue weighted by atomic mass is 16.5. The second-order valence-corrected chi connectivity index (χ2v) is 3.26. The van der Waals surface area contributed by atoms with Crippen LogP contribution in [0.25, 0.3) is 0 Å². The molecule has 0 aromatic heterocycles. The number of ether oxygens (including phenoxy) is 1. The lowest BCUT2D eigenvalue weighted by atomic mass is 9.90. The van der Waals surface area contributed by atoms with Crippen LogP contribution in [0.5, 0.6) is 0 Å². The van der Waals surface area contributed by atoms with E-state index in [4.69, 9.17) is 4.74 Å². The molecule has 0 radical (unpaired) electrons. The highest BCUT2D eigenvalue weighted by Gasteiger charge is 2.30. The molecule has 74 valence electrons. The van der Waals surface area contributed by atoms with Crippen LogP contribution in [-0.2, 0) is 14.3 Å². The topological polar surface area (TPSA) is 67.8 Å². The molecule has 2 unspecified atom stereocenters. The second kappa shape index (κ2) is 3.61. The third-order valence-electron chi connectivity index (χ3n) is 2.35. The number of esters is 1. The van der Waals surface area contributed by atoms with E-state index in [9.17, 15) is 9.59 Å². The fraction of sp³-hybridized carbons (Fsp3) is 0.444. The normalized spacial score (nSPS) is 31.1. The van der Waals surface area contributed by atoms with Crippen LogP contribution in [0.3, 0.4) is 0 Å². The van der Waals surface area contributed by atoms with E-state index in [0.717, 1.165) is 0 Å². The molecule has 2 atom stereocenters. The van der Waals surface area contributed by atoms with E-state index in [1.54, 1.807) is 6.08 Å². The first-order valence-electron chi connectivity index (χ1n) is 4.41. The van der Waals surface area contributed by atoms with Crippen LogP contribution >= 0.6 is 0 Å². The molecule has 0 aromatic carbocycles. The van der Waals surface area contributed by atoms with Gasteiger partial charge in [-0.05, 0) is 0 Å². The SMILES string of the molecule is O=C1C=CC(C2CN=CNC2=O)CO1. The zero-order valence-corrected chi connectivity index (χ0v) is 7.47. The number of carbonyl (C=O) groups is 2. The van der Waals surface area contributed by atoms with Gasteiger partial charge in [0.05, 0.1) is 25.4 Å². The standard InChI is InChI=1S/C9H10N2O3/c12-8-2-1-6(4-14-8)7-3-10-5-11-9(7)13/h1-2,5-7H,3-4H2,(H,10,11,13). The summed E-state index contributed by atoms with van der Waals surface area (Å²) in [5.74, 6) is -0.678. The fourth-order valence-corrected chi connectivity index (χ4v) is 1.53. The minimum Gasteiger partial charge on any atom is -0.462 e. The first kappa shape index (κ1) is 8.93. The smallest absolute Gasteiger partial charge is 0.330 e. The maximum Gasteiger partial charge on any atom is 0.330 e. The molecule has 0 spiro atoms. The van der Waals surface area contributed by atoms with Gasteiger partial charge in [-0.1, -0.05) is 6.08 Å². The molecule has 5 heteroatoms. The maximum atomic E-state index is 11.4. The largest absolute Gasteiger partial charge is 0.462 e. The Morgan fingerprint density at radius 3 is 3.00 bits per heavy atom. The summed E-state index contributed by atoms with van der Waals surface area (Å²) in [4.78, 5) is 26.1. The number of hydrogen-bond donors (Lipinski definition) is 1. The number of aliphatic imine (C=N–C) groups is 1. The Balaban J connectivity index is 2.08. The minimum atomic E-state index is -0.346. The average Bonchev–Trinajstić information content (AvgIpc) is 2.20. The van der Waals surface area contributed by atoms with Gasteiger partial charge in [-0.3, -0.25) is 9.79 Å². The predicted octanol–water partition coefficient (Wildman–Crippen LogP) is -0.510. The molecular formula is C9H10N2O3. The highest BCUT2D eigenvalue weighted by molar-refractivity contribution is 5.91. The fourth-order valence-electron chi connectivity index (χ4n) is 1.53. The van der Waals surface area contributed by atoms with Crippen LogP contribution in [0.15, 0.2) is 17.1 Å². The van der Waals surface area contributed by atoms with Crippen molar-refractivity contribution < 1.29 is 14.3 Å². The Morgan fingerprint density at radius 1 is 1.50 bits per heavy atom. The number of cyclic esters (lactones) is 1. The van der Waals surface area contributed by atoms with E-state index in [1.807, 2.05) is 0 Å². The van der Waals surface area contributed by atoms with Gasteiger partial charge in [0.25, 0.3) is 0 Å². The molecular weight excluding hydrogens is 184 g/mol. The van der Waals surface area contributed by atoms with E-state index >= 15 is 0 Å². The lowest BCUT2D eigenvalue weighted by Gasteiger charge is -2.25. The summed E-state index contributed by atoms with van der Waals surface area (Å²) >= 11 is 0. The summed E-state index contributed by atoms with van der Waals surface area (Å²) in [7, 11) is 0. The maximum absolute atomic E-state index is 11.4.